The Bertz CT molecular complexity index is 625. The molecule has 7 nitrogen and oxygen atoms in total. The third-order valence-corrected chi connectivity index (χ3v) is 3.09. The lowest BCUT2D eigenvalue weighted by Gasteiger charge is -2.07. The number of rotatable bonds is 6. The summed E-state index contributed by atoms with van der Waals surface area (Å²) in [6.07, 6.45) is -0.125. The summed E-state index contributed by atoms with van der Waals surface area (Å²) in [6.45, 7) is 3.15. The maximum absolute atomic E-state index is 12.1. The second kappa shape index (κ2) is 8.67. The average molecular weight is 320 g/mol. The average Bonchev–Trinajstić information content (AvgIpc) is 2.52. The van der Waals surface area contributed by atoms with Gasteiger partial charge in [-0.05, 0) is 25.5 Å². The first-order chi connectivity index (χ1) is 10.8. The van der Waals surface area contributed by atoms with Gasteiger partial charge < -0.3 is 10.1 Å². The van der Waals surface area contributed by atoms with E-state index < -0.39 is 24.5 Å². The van der Waals surface area contributed by atoms with Crippen molar-refractivity contribution in [2.75, 3.05) is 13.7 Å². The molecule has 23 heavy (non-hydrogen) atoms. The van der Waals surface area contributed by atoms with Gasteiger partial charge in [-0.2, -0.15) is 0 Å². The van der Waals surface area contributed by atoms with Crippen molar-refractivity contribution in [3.63, 3.8) is 0 Å². The van der Waals surface area contributed by atoms with Crippen LogP contribution < -0.4 is 10.6 Å². The molecule has 0 aliphatic heterocycles. The fraction of sp³-hybridized carbons (Fsp3) is 0.375. The first kappa shape index (κ1) is 18.3. The highest BCUT2D eigenvalue weighted by atomic mass is 16.5. The Morgan fingerprint density at radius 3 is 2.43 bits per heavy atom. The third-order valence-electron chi connectivity index (χ3n) is 3.09. The van der Waals surface area contributed by atoms with Gasteiger partial charge >= 0.3 is 12.0 Å². The maximum atomic E-state index is 12.1. The fourth-order valence-electron chi connectivity index (χ4n) is 1.83. The highest BCUT2D eigenvalue weighted by molar-refractivity contribution is 5.99. The van der Waals surface area contributed by atoms with Gasteiger partial charge in [0.05, 0.1) is 6.42 Å². The van der Waals surface area contributed by atoms with Crippen LogP contribution in [0.2, 0.25) is 0 Å². The number of hydrogen-bond acceptors (Lipinski definition) is 5. The fourth-order valence-corrected chi connectivity index (χ4v) is 1.83. The summed E-state index contributed by atoms with van der Waals surface area (Å²) in [5.74, 6) is -1.56. The monoisotopic (exact) mass is 320 g/mol. The van der Waals surface area contributed by atoms with E-state index in [1.54, 1.807) is 6.07 Å². The number of imide groups is 1. The molecule has 0 atom stereocenters. The molecule has 0 aliphatic rings. The molecule has 0 bridgehead atoms. The van der Waals surface area contributed by atoms with Crippen molar-refractivity contribution in [1.29, 1.82) is 0 Å². The van der Waals surface area contributed by atoms with E-state index >= 15 is 0 Å². The van der Waals surface area contributed by atoms with E-state index in [2.05, 4.69) is 5.32 Å². The van der Waals surface area contributed by atoms with E-state index in [-0.39, 0.29) is 18.6 Å². The van der Waals surface area contributed by atoms with Crippen molar-refractivity contribution in [2.24, 2.45) is 0 Å². The largest absolute Gasteiger partial charge is 0.456 e. The van der Waals surface area contributed by atoms with Crippen molar-refractivity contribution in [2.45, 2.75) is 26.7 Å². The van der Waals surface area contributed by atoms with Crippen molar-refractivity contribution >= 4 is 23.7 Å². The number of ether oxygens (including phenoxy) is 1. The van der Waals surface area contributed by atoms with Crippen LogP contribution in [0.4, 0.5) is 4.79 Å². The van der Waals surface area contributed by atoms with E-state index in [0.717, 1.165) is 11.1 Å². The minimum Gasteiger partial charge on any atom is -0.456 e. The first-order valence-electron chi connectivity index (χ1n) is 7.11. The molecule has 0 unspecified atom stereocenters. The smallest absolute Gasteiger partial charge is 0.321 e. The number of nitrogens with one attached hydrogen (secondary N) is 2. The summed E-state index contributed by atoms with van der Waals surface area (Å²) >= 11 is 0. The molecule has 0 aromatic heterocycles. The summed E-state index contributed by atoms with van der Waals surface area (Å²) in [7, 11) is 1.35. The van der Waals surface area contributed by atoms with Crippen LogP contribution in [0.5, 0.6) is 0 Å². The van der Waals surface area contributed by atoms with Crippen LogP contribution in [0.15, 0.2) is 18.2 Å². The number of amides is 3. The van der Waals surface area contributed by atoms with Gasteiger partial charge in [0.15, 0.2) is 12.4 Å². The highest BCUT2D eigenvalue weighted by Crippen LogP contribution is 2.14. The zero-order chi connectivity index (χ0) is 17.4. The SMILES string of the molecule is CNC(=O)NC(=O)COC(=O)CCC(=O)c1cc(C)ccc1C. The van der Waals surface area contributed by atoms with Gasteiger partial charge in [-0.1, -0.05) is 17.7 Å². The summed E-state index contributed by atoms with van der Waals surface area (Å²) in [4.78, 5) is 45.8. The Kier molecular flexibility index (Phi) is 6.92. The molecular formula is C16H20N2O5. The second-order valence-corrected chi connectivity index (χ2v) is 5.03. The number of ketones is 1. The van der Waals surface area contributed by atoms with Crippen LogP contribution in [0, 0.1) is 13.8 Å². The Morgan fingerprint density at radius 1 is 1.09 bits per heavy atom. The number of benzene rings is 1. The van der Waals surface area contributed by atoms with Gasteiger partial charge in [-0.25, -0.2) is 4.79 Å². The van der Waals surface area contributed by atoms with Gasteiger partial charge in [0.2, 0.25) is 0 Å². The number of Topliss-reactive ketones (excluding diaryl/α,β-unsaturated/α-hetero) is 1. The summed E-state index contributed by atoms with van der Waals surface area (Å²) in [5.41, 5.74) is 2.39. The molecule has 0 heterocycles. The number of esters is 1. The zero-order valence-corrected chi connectivity index (χ0v) is 13.4. The molecule has 0 radical (unpaired) electrons. The predicted molar refractivity (Wildman–Crippen MR) is 83.0 cm³/mol. The molecule has 0 saturated carbocycles. The molecule has 0 fully saturated rings. The Morgan fingerprint density at radius 2 is 1.78 bits per heavy atom. The number of carbonyl (C=O) groups is 4. The molecular weight excluding hydrogens is 300 g/mol. The number of carbonyl (C=O) groups excluding carboxylic acids is 4. The topological polar surface area (TPSA) is 102 Å². The van der Waals surface area contributed by atoms with E-state index in [1.807, 2.05) is 31.3 Å². The molecule has 7 heteroatoms. The zero-order valence-electron chi connectivity index (χ0n) is 13.4. The molecule has 0 aliphatic carbocycles. The number of aryl methyl sites for hydroxylation is 2. The van der Waals surface area contributed by atoms with E-state index in [1.165, 1.54) is 7.05 Å². The lowest BCUT2D eigenvalue weighted by atomic mass is 9.99. The van der Waals surface area contributed by atoms with Gasteiger partial charge in [0.25, 0.3) is 5.91 Å². The van der Waals surface area contributed by atoms with Crippen LogP contribution in [-0.2, 0) is 14.3 Å². The Labute approximate surface area is 134 Å². The Balaban J connectivity index is 2.41. The van der Waals surface area contributed by atoms with Crippen LogP contribution >= 0.6 is 0 Å². The van der Waals surface area contributed by atoms with E-state index in [9.17, 15) is 19.2 Å². The van der Waals surface area contributed by atoms with Gasteiger partial charge in [0.1, 0.15) is 0 Å². The van der Waals surface area contributed by atoms with Gasteiger partial charge in [-0.15, -0.1) is 0 Å². The van der Waals surface area contributed by atoms with Crippen LogP contribution in [-0.4, -0.2) is 37.3 Å². The lowest BCUT2D eigenvalue weighted by Crippen LogP contribution is -2.39. The molecule has 124 valence electrons. The van der Waals surface area contributed by atoms with Crippen molar-refractivity contribution in [3.8, 4) is 0 Å². The molecule has 1 rings (SSSR count). The van der Waals surface area contributed by atoms with Gasteiger partial charge in [-0.3, -0.25) is 19.7 Å². The molecule has 0 spiro atoms. The van der Waals surface area contributed by atoms with Gasteiger partial charge in [0, 0.05) is 19.0 Å². The summed E-state index contributed by atoms with van der Waals surface area (Å²) in [6, 6.07) is 4.85. The van der Waals surface area contributed by atoms with E-state index in [0.29, 0.717) is 5.56 Å². The van der Waals surface area contributed by atoms with E-state index in [4.69, 9.17) is 4.74 Å². The maximum Gasteiger partial charge on any atom is 0.321 e. The van der Waals surface area contributed by atoms with Crippen molar-refractivity contribution in [3.05, 3.63) is 34.9 Å². The summed E-state index contributed by atoms with van der Waals surface area (Å²) in [5, 5.41) is 4.15. The minimum atomic E-state index is -0.737. The molecule has 0 saturated heterocycles. The molecule has 1 aromatic carbocycles. The predicted octanol–water partition coefficient (Wildman–Crippen LogP) is 1.27. The van der Waals surface area contributed by atoms with Crippen molar-refractivity contribution < 1.29 is 23.9 Å². The lowest BCUT2D eigenvalue weighted by molar-refractivity contribution is -0.148. The third kappa shape index (κ3) is 6.29. The quantitative estimate of drug-likeness (QED) is 0.607. The summed E-state index contributed by atoms with van der Waals surface area (Å²) < 4.78 is 4.71. The molecule has 1 aromatic rings. The number of urea groups is 1. The Hall–Kier alpha value is -2.70. The highest BCUT2D eigenvalue weighted by Gasteiger charge is 2.14. The van der Waals surface area contributed by atoms with Crippen molar-refractivity contribution in [1.82, 2.24) is 10.6 Å². The van der Waals surface area contributed by atoms with Crippen LogP contribution in [0.25, 0.3) is 0 Å². The standard InChI is InChI=1S/C16H20N2O5/c1-10-4-5-11(2)12(8-10)13(19)6-7-15(21)23-9-14(20)18-16(22)17-3/h4-5,8H,6-7,9H2,1-3H3,(H2,17,18,20,22). The molecule has 2 N–H and O–H groups in total. The second-order valence-electron chi connectivity index (χ2n) is 5.03. The number of hydrogen-bond donors (Lipinski definition) is 2. The molecule has 3 amide bonds. The normalized spacial score (nSPS) is 9.87. The van der Waals surface area contributed by atoms with Crippen LogP contribution in [0.3, 0.4) is 0 Å². The van der Waals surface area contributed by atoms with Crippen LogP contribution in [0.1, 0.15) is 34.3 Å². The first-order valence-corrected chi connectivity index (χ1v) is 7.11. The minimum absolute atomic E-state index is 0.000190.